The van der Waals surface area contributed by atoms with Crippen molar-refractivity contribution in [3.63, 3.8) is 0 Å². The lowest BCUT2D eigenvalue weighted by molar-refractivity contribution is 0.218. The van der Waals surface area contributed by atoms with E-state index in [2.05, 4.69) is 16.9 Å². The molecule has 3 aromatic rings. The highest BCUT2D eigenvalue weighted by Crippen LogP contribution is 2.22. The number of para-hydroxylation sites is 2. The molecule has 19 heavy (non-hydrogen) atoms. The Bertz CT molecular complexity index is 652. The van der Waals surface area contributed by atoms with Gasteiger partial charge in [0, 0.05) is 0 Å². The van der Waals surface area contributed by atoms with Crippen LogP contribution in [0.1, 0.15) is 24.4 Å². The van der Waals surface area contributed by atoms with E-state index in [0.717, 1.165) is 22.6 Å². The molecule has 0 bridgehead atoms. The van der Waals surface area contributed by atoms with Gasteiger partial charge < -0.3 is 9.72 Å². The first-order valence-electron chi connectivity index (χ1n) is 6.40. The highest BCUT2D eigenvalue weighted by Gasteiger charge is 2.12. The van der Waals surface area contributed by atoms with E-state index in [1.54, 1.807) is 0 Å². The predicted octanol–water partition coefficient (Wildman–Crippen LogP) is 4.01. The van der Waals surface area contributed by atoms with Gasteiger partial charge in [0.1, 0.15) is 11.6 Å². The molecule has 0 aliphatic heterocycles. The summed E-state index contributed by atoms with van der Waals surface area (Å²) >= 11 is 0. The van der Waals surface area contributed by atoms with Crippen LogP contribution in [0, 0.1) is 6.92 Å². The first kappa shape index (κ1) is 11.8. The Hall–Kier alpha value is -2.29. The van der Waals surface area contributed by atoms with Crippen LogP contribution >= 0.6 is 0 Å². The minimum absolute atomic E-state index is 0.102. The molecular formula is C16H16N2O. The van der Waals surface area contributed by atoms with Crippen LogP contribution in [-0.2, 0) is 0 Å². The molecule has 0 saturated heterocycles. The second-order valence-electron chi connectivity index (χ2n) is 4.71. The summed E-state index contributed by atoms with van der Waals surface area (Å²) < 4.78 is 5.89. The third-order valence-corrected chi connectivity index (χ3v) is 3.13. The number of nitrogens with zero attached hydrogens (tertiary/aromatic N) is 1. The van der Waals surface area contributed by atoms with Gasteiger partial charge in [-0.3, -0.25) is 0 Å². The number of hydrogen-bond donors (Lipinski definition) is 1. The van der Waals surface area contributed by atoms with Gasteiger partial charge in [0.2, 0.25) is 0 Å². The van der Waals surface area contributed by atoms with Crippen LogP contribution in [-0.4, -0.2) is 9.97 Å². The molecule has 0 radical (unpaired) electrons. The lowest BCUT2D eigenvalue weighted by atomic mass is 10.2. The fraction of sp³-hybridized carbons (Fsp3) is 0.188. The van der Waals surface area contributed by atoms with Crippen molar-refractivity contribution in [2.75, 3.05) is 0 Å². The van der Waals surface area contributed by atoms with Gasteiger partial charge in [0.25, 0.3) is 0 Å². The molecule has 0 unspecified atom stereocenters. The minimum atomic E-state index is -0.102. The van der Waals surface area contributed by atoms with E-state index in [-0.39, 0.29) is 6.10 Å². The van der Waals surface area contributed by atoms with Crippen LogP contribution in [0.3, 0.4) is 0 Å². The number of nitrogens with one attached hydrogen (secondary N) is 1. The highest BCUT2D eigenvalue weighted by atomic mass is 16.5. The fourth-order valence-corrected chi connectivity index (χ4v) is 2.04. The van der Waals surface area contributed by atoms with E-state index in [9.17, 15) is 0 Å². The summed E-state index contributed by atoms with van der Waals surface area (Å²) in [5, 5.41) is 0. The van der Waals surface area contributed by atoms with Gasteiger partial charge in [0.05, 0.1) is 11.0 Å². The van der Waals surface area contributed by atoms with Crippen LogP contribution in [0.4, 0.5) is 0 Å². The van der Waals surface area contributed by atoms with Crippen LogP contribution in [0.5, 0.6) is 5.75 Å². The monoisotopic (exact) mass is 252 g/mol. The van der Waals surface area contributed by atoms with Gasteiger partial charge in [-0.2, -0.15) is 0 Å². The number of imidazole rings is 1. The van der Waals surface area contributed by atoms with Crippen molar-refractivity contribution in [3.8, 4) is 5.75 Å². The van der Waals surface area contributed by atoms with Crippen molar-refractivity contribution in [1.29, 1.82) is 0 Å². The first-order chi connectivity index (χ1) is 9.22. The molecule has 1 N–H and O–H groups in total. The number of hydrogen-bond acceptors (Lipinski definition) is 2. The topological polar surface area (TPSA) is 37.9 Å². The maximum atomic E-state index is 5.89. The van der Waals surface area contributed by atoms with E-state index in [1.165, 1.54) is 5.56 Å². The lowest BCUT2D eigenvalue weighted by Gasteiger charge is -2.12. The van der Waals surface area contributed by atoms with Crippen LogP contribution < -0.4 is 4.74 Å². The molecule has 0 saturated carbocycles. The average Bonchev–Trinajstić information content (AvgIpc) is 2.85. The third kappa shape index (κ3) is 2.45. The van der Waals surface area contributed by atoms with Crippen molar-refractivity contribution < 1.29 is 4.74 Å². The Balaban J connectivity index is 1.83. The SMILES string of the molecule is Cc1ccc(O[C@H](C)c2nc3ccccc3[nH]2)cc1. The molecule has 0 amide bonds. The molecule has 0 aliphatic rings. The molecule has 1 atom stereocenters. The molecule has 96 valence electrons. The molecule has 1 aromatic heterocycles. The highest BCUT2D eigenvalue weighted by molar-refractivity contribution is 5.74. The van der Waals surface area contributed by atoms with Crippen LogP contribution in [0.25, 0.3) is 11.0 Å². The maximum absolute atomic E-state index is 5.89. The van der Waals surface area contributed by atoms with E-state index in [4.69, 9.17) is 4.74 Å². The summed E-state index contributed by atoms with van der Waals surface area (Å²) in [5.74, 6) is 1.71. The van der Waals surface area contributed by atoms with Gasteiger partial charge >= 0.3 is 0 Å². The van der Waals surface area contributed by atoms with Gasteiger partial charge in [-0.25, -0.2) is 4.98 Å². The fourth-order valence-electron chi connectivity index (χ4n) is 2.04. The first-order valence-corrected chi connectivity index (χ1v) is 6.40. The number of aromatic nitrogens is 2. The van der Waals surface area contributed by atoms with Crippen molar-refractivity contribution >= 4 is 11.0 Å². The molecule has 3 heteroatoms. The minimum Gasteiger partial charge on any atom is -0.483 e. The van der Waals surface area contributed by atoms with Crippen molar-refractivity contribution in [2.45, 2.75) is 20.0 Å². The molecule has 2 aromatic carbocycles. The van der Waals surface area contributed by atoms with Gasteiger partial charge in [0.15, 0.2) is 6.10 Å². The summed E-state index contributed by atoms with van der Waals surface area (Å²) in [5.41, 5.74) is 3.23. The van der Waals surface area contributed by atoms with E-state index >= 15 is 0 Å². The Morgan fingerprint density at radius 2 is 1.79 bits per heavy atom. The zero-order valence-electron chi connectivity index (χ0n) is 11.1. The lowest BCUT2D eigenvalue weighted by Crippen LogP contribution is -2.04. The van der Waals surface area contributed by atoms with Gasteiger partial charge in [-0.05, 0) is 38.1 Å². The predicted molar refractivity (Wildman–Crippen MR) is 76.3 cm³/mol. The van der Waals surface area contributed by atoms with E-state index < -0.39 is 0 Å². The molecule has 0 spiro atoms. The summed E-state index contributed by atoms with van der Waals surface area (Å²) in [6, 6.07) is 16.0. The Kier molecular flexibility index (Phi) is 2.95. The standard InChI is InChI=1S/C16H16N2O/c1-11-7-9-13(10-8-11)19-12(2)16-17-14-5-3-4-6-15(14)18-16/h3-10,12H,1-2H3,(H,17,18)/t12-/m1/s1. The molecular weight excluding hydrogens is 236 g/mol. The largest absolute Gasteiger partial charge is 0.483 e. The van der Waals surface area contributed by atoms with Crippen molar-refractivity contribution in [2.24, 2.45) is 0 Å². The molecule has 3 nitrogen and oxygen atoms in total. The van der Waals surface area contributed by atoms with Crippen molar-refractivity contribution in [3.05, 3.63) is 59.9 Å². The zero-order chi connectivity index (χ0) is 13.2. The van der Waals surface area contributed by atoms with E-state index in [0.29, 0.717) is 0 Å². The summed E-state index contributed by atoms with van der Waals surface area (Å²) in [6.07, 6.45) is -0.102. The number of H-pyrrole nitrogens is 1. The third-order valence-electron chi connectivity index (χ3n) is 3.13. The van der Waals surface area contributed by atoms with Gasteiger partial charge in [-0.1, -0.05) is 29.8 Å². The molecule has 0 aliphatic carbocycles. The molecule has 1 heterocycles. The zero-order valence-corrected chi connectivity index (χ0v) is 11.1. The Morgan fingerprint density at radius 3 is 2.53 bits per heavy atom. The number of aromatic amines is 1. The van der Waals surface area contributed by atoms with Gasteiger partial charge in [-0.15, -0.1) is 0 Å². The summed E-state index contributed by atoms with van der Waals surface area (Å²) in [4.78, 5) is 7.84. The number of aryl methyl sites for hydroxylation is 1. The van der Waals surface area contributed by atoms with E-state index in [1.807, 2.05) is 55.5 Å². The molecule has 0 fully saturated rings. The van der Waals surface area contributed by atoms with Crippen LogP contribution in [0.2, 0.25) is 0 Å². The summed E-state index contributed by atoms with van der Waals surface area (Å²) in [7, 11) is 0. The average molecular weight is 252 g/mol. The normalized spacial score (nSPS) is 12.5. The van der Waals surface area contributed by atoms with Crippen molar-refractivity contribution in [1.82, 2.24) is 9.97 Å². The second-order valence-corrected chi connectivity index (χ2v) is 4.71. The van der Waals surface area contributed by atoms with Crippen LogP contribution in [0.15, 0.2) is 48.5 Å². The number of fused-ring (bicyclic) bond motifs is 1. The molecule has 3 rings (SSSR count). The number of ether oxygens (including phenoxy) is 1. The Morgan fingerprint density at radius 1 is 1.05 bits per heavy atom. The quantitative estimate of drug-likeness (QED) is 0.764. The Labute approximate surface area is 112 Å². The number of benzene rings is 2. The smallest absolute Gasteiger partial charge is 0.153 e. The maximum Gasteiger partial charge on any atom is 0.153 e. The summed E-state index contributed by atoms with van der Waals surface area (Å²) in [6.45, 7) is 4.06. The number of rotatable bonds is 3. The second kappa shape index (κ2) is 4.76.